The number of piperazine rings is 1. The van der Waals surface area contributed by atoms with Gasteiger partial charge in [-0.3, -0.25) is 4.79 Å². The third-order valence-corrected chi connectivity index (χ3v) is 5.75. The smallest absolute Gasteiger partial charge is 0.314 e. The van der Waals surface area contributed by atoms with Gasteiger partial charge in [-0.2, -0.15) is 0 Å². The number of carbonyl (C=O) groups excluding carboxylic acids is 2. The van der Waals surface area contributed by atoms with Crippen molar-refractivity contribution in [2.45, 2.75) is 0 Å². The van der Waals surface area contributed by atoms with Gasteiger partial charge in [0.1, 0.15) is 11.4 Å². The van der Waals surface area contributed by atoms with Crippen molar-refractivity contribution in [2.75, 3.05) is 31.5 Å². The van der Waals surface area contributed by atoms with Crippen LogP contribution in [-0.2, 0) is 0 Å². The highest BCUT2D eigenvalue weighted by atomic mass is 16.5. The Morgan fingerprint density at radius 3 is 2.31 bits per heavy atom. The Labute approximate surface area is 201 Å². The molecule has 1 aliphatic heterocycles. The zero-order valence-electron chi connectivity index (χ0n) is 18.8. The minimum atomic E-state index is -0.459. The van der Waals surface area contributed by atoms with Gasteiger partial charge in [-0.1, -0.05) is 35.5 Å². The number of carbonyl (C=O) groups is 2. The molecule has 0 radical (unpaired) electrons. The fourth-order valence-corrected chi connectivity index (χ4v) is 3.83. The molecule has 2 aromatic carbocycles. The van der Waals surface area contributed by atoms with Crippen LogP contribution in [0.5, 0.6) is 0 Å². The number of aromatic nitrogens is 3. The second kappa shape index (κ2) is 9.64. The number of primary amides is 1. The van der Waals surface area contributed by atoms with E-state index in [9.17, 15) is 9.59 Å². The molecule has 10 nitrogen and oxygen atoms in total. The minimum Gasteiger partial charge on any atom is -0.354 e. The van der Waals surface area contributed by atoms with E-state index in [0.29, 0.717) is 49.1 Å². The van der Waals surface area contributed by atoms with Crippen molar-refractivity contribution < 1.29 is 14.1 Å². The SMILES string of the molecule is NC(=O)N1CCN(C(=O)c2ccc(Nc3nccc(-c4cc(-c5ccccc5)no4)n3)cc2)CC1. The van der Waals surface area contributed by atoms with Gasteiger partial charge in [0.05, 0.1) is 0 Å². The minimum absolute atomic E-state index is 0.0848. The van der Waals surface area contributed by atoms with E-state index >= 15 is 0 Å². The lowest BCUT2D eigenvalue weighted by atomic mass is 10.1. The van der Waals surface area contributed by atoms with Gasteiger partial charge in [0.25, 0.3) is 5.91 Å². The number of amides is 3. The fourth-order valence-electron chi connectivity index (χ4n) is 3.83. The summed E-state index contributed by atoms with van der Waals surface area (Å²) in [4.78, 5) is 36.1. The molecule has 3 amide bonds. The average Bonchev–Trinajstić information content (AvgIpc) is 3.40. The second-order valence-corrected chi connectivity index (χ2v) is 8.03. The number of urea groups is 1. The molecule has 0 bridgehead atoms. The first kappa shape index (κ1) is 22.1. The van der Waals surface area contributed by atoms with Crippen LogP contribution in [-0.4, -0.2) is 63.0 Å². The Kier molecular flexibility index (Phi) is 6.08. The summed E-state index contributed by atoms with van der Waals surface area (Å²) in [5, 5.41) is 7.29. The lowest BCUT2D eigenvalue weighted by Gasteiger charge is -2.33. The van der Waals surface area contributed by atoms with E-state index in [0.717, 1.165) is 16.9 Å². The average molecular weight is 470 g/mol. The third-order valence-electron chi connectivity index (χ3n) is 5.75. The van der Waals surface area contributed by atoms with Crippen LogP contribution < -0.4 is 11.1 Å². The van der Waals surface area contributed by atoms with E-state index in [1.807, 2.05) is 36.4 Å². The van der Waals surface area contributed by atoms with Crippen molar-refractivity contribution in [1.82, 2.24) is 24.9 Å². The molecule has 3 N–H and O–H groups in total. The second-order valence-electron chi connectivity index (χ2n) is 8.03. The molecule has 1 saturated heterocycles. The highest BCUT2D eigenvalue weighted by Crippen LogP contribution is 2.25. The van der Waals surface area contributed by atoms with Crippen LogP contribution in [0.1, 0.15) is 10.4 Å². The quantitative estimate of drug-likeness (QED) is 0.458. The number of nitrogens with one attached hydrogen (secondary N) is 1. The summed E-state index contributed by atoms with van der Waals surface area (Å²) >= 11 is 0. The summed E-state index contributed by atoms with van der Waals surface area (Å²) in [5.41, 5.74) is 8.89. The van der Waals surface area contributed by atoms with E-state index in [4.69, 9.17) is 10.3 Å². The van der Waals surface area contributed by atoms with Crippen LogP contribution >= 0.6 is 0 Å². The maximum atomic E-state index is 12.8. The zero-order chi connectivity index (χ0) is 24.2. The molecule has 1 aliphatic rings. The van der Waals surface area contributed by atoms with Gasteiger partial charge in [0.15, 0.2) is 5.76 Å². The summed E-state index contributed by atoms with van der Waals surface area (Å²) in [7, 11) is 0. The molecule has 10 heteroatoms. The molecule has 4 aromatic rings. The van der Waals surface area contributed by atoms with Gasteiger partial charge >= 0.3 is 6.03 Å². The molecule has 35 heavy (non-hydrogen) atoms. The monoisotopic (exact) mass is 469 g/mol. The first-order chi connectivity index (χ1) is 17.1. The molecule has 0 spiro atoms. The topological polar surface area (TPSA) is 130 Å². The molecule has 5 rings (SSSR count). The first-order valence-corrected chi connectivity index (χ1v) is 11.1. The van der Waals surface area contributed by atoms with Crippen molar-refractivity contribution >= 4 is 23.6 Å². The van der Waals surface area contributed by atoms with E-state index in [2.05, 4.69) is 20.4 Å². The van der Waals surface area contributed by atoms with Crippen molar-refractivity contribution in [3.8, 4) is 22.7 Å². The molecule has 176 valence electrons. The predicted molar refractivity (Wildman–Crippen MR) is 130 cm³/mol. The van der Waals surface area contributed by atoms with Gasteiger partial charge in [-0.25, -0.2) is 14.8 Å². The molecular weight excluding hydrogens is 446 g/mol. The fraction of sp³-hybridized carbons (Fsp3) is 0.160. The lowest BCUT2D eigenvalue weighted by Crippen LogP contribution is -2.52. The van der Waals surface area contributed by atoms with Crippen LogP contribution in [0, 0.1) is 0 Å². The summed E-state index contributed by atoms with van der Waals surface area (Å²) in [5.74, 6) is 0.840. The van der Waals surface area contributed by atoms with Crippen LogP contribution in [0.2, 0.25) is 0 Å². The van der Waals surface area contributed by atoms with Crippen LogP contribution in [0.15, 0.2) is 77.4 Å². The van der Waals surface area contributed by atoms with Crippen molar-refractivity contribution in [3.63, 3.8) is 0 Å². The first-order valence-electron chi connectivity index (χ1n) is 11.1. The van der Waals surface area contributed by atoms with Gasteiger partial charge in [0, 0.05) is 55.3 Å². The Balaban J connectivity index is 1.24. The number of hydrogen-bond donors (Lipinski definition) is 2. The normalized spacial score (nSPS) is 13.5. The van der Waals surface area contributed by atoms with E-state index < -0.39 is 6.03 Å². The van der Waals surface area contributed by atoms with E-state index in [1.165, 1.54) is 4.90 Å². The van der Waals surface area contributed by atoms with Crippen LogP contribution in [0.25, 0.3) is 22.7 Å². The molecule has 0 unspecified atom stereocenters. The number of rotatable bonds is 5. The number of hydrogen-bond acceptors (Lipinski definition) is 7. The summed E-state index contributed by atoms with van der Waals surface area (Å²) in [6, 6.07) is 20.0. The number of benzene rings is 2. The number of anilines is 2. The predicted octanol–water partition coefficient (Wildman–Crippen LogP) is 3.38. The summed E-state index contributed by atoms with van der Waals surface area (Å²) in [6.45, 7) is 1.78. The highest BCUT2D eigenvalue weighted by Gasteiger charge is 2.23. The van der Waals surface area contributed by atoms with E-state index in [-0.39, 0.29) is 5.91 Å². The maximum absolute atomic E-state index is 12.8. The molecular formula is C25H23N7O3. The number of nitrogens with two attached hydrogens (primary N) is 1. The maximum Gasteiger partial charge on any atom is 0.314 e. The van der Waals surface area contributed by atoms with E-state index in [1.54, 1.807) is 41.4 Å². The van der Waals surface area contributed by atoms with Crippen LogP contribution in [0.4, 0.5) is 16.4 Å². The Hall–Kier alpha value is -4.73. The van der Waals surface area contributed by atoms with Crippen molar-refractivity contribution in [3.05, 3.63) is 78.5 Å². The van der Waals surface area contributed by atoms with Crippen molar-refractivity contribution in [2.24, 2.45) is 5.73 Å². The molecule has 1 fully saturated rings. The zero-order valence-corrected chi connectivity index (χ0v) is 18.8. The van der Waals surface area contributed by atoms with Gasteiger partial charge in [0.2, 0.25) is 5.95 Å². The standard InChI is InChI=1S/C25H23N7O3/c26-24(34)32-14-12-31(13-15-32)23(33)18-6-8-19(9-7-18)28-25-27-11-10-20(29-25)22-16-21(30-35-22)17-4-2-1-3-5-17/h1-11,16H,12-15H2,(H2,26,34)(H,27,28,29). The number of nitrogens with zero attached hydrogens (tertiary/aromatic N) is 5. The molecule has 3 heterocycles. The Morgan fingerprint density at radius 1 is 0.886 bits per heavy atom. The highest BCUT2D eigenvalue weighted by molar-refractivity contribution is 5.94. The van der Waals surface area contributed by atoms with Crippen LogP contribution in [0.3, 0.4) is 0 Å². The Bertz CT molecular complexity index is 1330. The largest absolute Gasteiger partial charge is 0.354 e. The molecule has 0 saturated carbocycles. The lowest BCUT2D eigenvalue weighted by molar-refractivity contribution is 0.0669. The summed E-state index contributed by atoms with van der Waals surface area (Å²) < 4.78 is 5.49. The van der Waals surface area contributed by atoms with Gasteiger partial charge < -0.3 is 25.4 Å². The Morgan fingerprint density at radius 2 is 1.60 bits per heavy atom. The molecule has 0 aliphatic carbocycles. The van der Waals surface area contributed by atoms with Gasteiger partial charge in [-0.05, 0) is 30.3 Å². The summed E-state index contributed by atoms with van der Waals surface area (Å²) in [6.07, 6.45) is 1.64. The third kappa shape index (κ3) is 4.96. The van der Waals surface area contributed by atoms with Gasteiger partial charge in [-0.15, -0.1) is 0 Å². The molecule has 2 aromatic heterocycles. The van der Waals surface area contributed by atoms with Crippen molar-refractivity contribution in [1.29, 1.82) is 0 Å². The molecule has 0 atom stereocenters.